The third kappa shape index (κ3) is 3.18. The standard InChI is InChI=1S/C10H17ClN4O/c11-9-5-14-15(6-9)4-3-13-8-10(16)1-2-12-7-10/h5-6,12-13,16H,1-4,7-8H2. The van der Waals surface area contributed by atoms with Gasteiger partial charge in [-0.1, -0.05) is 11.6 Å². The molecular formula is C10H17ClN4O. The highest BCUT2D eigenvalue weighted by atomic mass is 35.5. The minimum absolute atomic E-state index is 0.582. The zero-order valence-corrected chi connectivity index (χ0v) is 9.87. The maximum atomic E-state index is 10.0. The summed E-state index contributed by atoms with van der Waals surface area (Å²) in [4.78, 5) is 0. The van der Waals surface area contributed by atoms with Gasteiger partial charge in [-0.05, 0) is 13.0 Å². The number of rotatable bonds is 5. The number of halogens is 1. The summed E-state index contributed by atoms with van der Waals surface area (Å²) in [7, 11) is 0. The van der Waals surface area contributed by atoms with Crippen LogP contribution in [0.1, 0.15) is 6.42 Å². The van der Waals surface area contributed by atoms with Crippen molar-refractivity contribution in [2.24, 2.45) is 0 Å². The lowest BCUT2D eigenvalue weighted by Crippen LogP contribution is -2.43. The molecule has 3 N–H and O–H groups in total. The van der Waals surface area contributed by atoms with Crippen LogP contribution in [0.15, 0.2) is 12.4 Å². The van der Waals surface area contributed by atoms with Gasteiger partial charge in [0.2, 0.25) is 0 Å². The van der Waals surface area contributed by atoms with Gasteiger partial charge >= 0.3 is 0 Å². The van der Waals surface area contributed by atoms with Crippen LogP contribution in [0.2, 0.25) is 5.02 Å². The Morgan fingerprint density at radius 2 is 2.56 bits per heavy atom. The zero-order valence-electron chi connectivity index (χ0n) is 9.12. The highest BCUT2D eigenvalue weighted by Gasteiger charge is 2.30. The van der Waals surface area contributed by atoms with Gasteiger partial charge < -0.3 is 15.7 Å². The number of hydrogen-bond acceptors (Lipinski definition) is 4. The molecule has 1 aromatic heterocycles. The summed E-state index contributed by atoms with van der Waals surface area (Å²) >= 11 is 5.75. The lowest BCUT2D eigenvalue weighted by Gasteiger charge is -2.21. The van der Waals surface area contributed by atoms with Gasteiger partial charge in [-0.3, -0.25) is 4.68 Å². The molecular weight excluding hydrogens is 228 g/mol. The molecule has 0 aromatic carbocycles. The third-order valence-corrected chi connectivity index (χ3v) is 2.99. The highest BCUT2D eigenvalue weighted by Crippen LogP contribution is 2.12. The van der Waals surface area contributed by atoms with Crippen LogP contribution in [0.4, 0.5) is 0 Å². The van der Waals surface area contributed by atoms with Crippen molar-refractivity contribution < 1.29 is 5.11 Å². The molecule has 0 bridgehead atoms. The quantitative estimate of drug-likeness (QED) is 0.631. The maximum Gasteiger partial charge on any atom is 0.0907 e. The lowest BCUT2D eigenvalue weighted by molar-refractivity contribution is 0.0611. The molecule has 0 spiro atoms. The van der Waals surface area contributed by atoms with Crippen molar-refractivity contribution >= 4 is 11.6 Å². The van der Waals surface area contributed by atoms with E-state index in [0.29, 0.717) is 18.1 Å². The fourth-order valence-corrected chi connectivity index (χ4v) is 2.01. The van der Waals surface area contributed by atoms with Gasteiger partial charge in [0.05, 0.1) is 23.4 Å². The number of β-amino-alcohol motifs (C(OH)–C–C–N with tert-alkyl or cyclic N) is 1. The Labute approximate surface area is 99.8 Å². The average molecular weight is 245 g/mol. The van der Waals surface area contributed by atoms with Crippen LogP contribution in [0.25, 0.3) is 0 Å². The van der Waals surface area contributed by atoms with E-state index in [1.54, 1.807) is 17.1 Å². The maximum absolute atomic E-state index is 10.0. The molecule has 90 valence electrons. The van der Waals surface area contributed by atoms with Crippen LogP contribution in [0.3, 0.4) is 0 Å². The lowest BCUT2D eigenvalue weighted by atomic mass is 10.0. The van der Waals surface area contributed by atoms with Crippen molar-refractivity contribution in [3.63, 3.8) is 0 Å². The molecule has 0 radical (unpaired) electrons. The minimum atomic E-state index is -0.582. The van der Waals surface area contributed by atoms with E-state index < -0.39 is 5.60 Å². The van der Waals surface area contributed by atoms with Gasteiger partial charge in [-0.15, -0.1) is 0 Å². The molecule has 1 saturated heterocycles. The molecule has 0 aliphatic carbocycles. The third-order valence-electron chi connectivity index (χ3n) is 2.79. The van der Waals surface area contributed by atoms with Crippen LogP contribution in [-0.4, -0.2) is 46.7 Å². The van der Waals surface area contributed by atoms with E-state index in [-0.39, 0.29) is 0 Å². The fourth-order valence-electron chi connectivity index (χ4n) is 1.86. The van der Waals surface area contributed by atoms with Gasteiger partial charge in [0.25, 0.3) is 0 Å². The summed E-state index contributed by atoms with van der Waals surface area (Å²) in [5.74, 6) is 0. The molecule has 1 unspecified atom stereocenters. The molecule has 1 aromatic rings. The Bertz CT molecular complexity index is 335. The number of nitrogens with zero attached hydrogens (tertiary/aromatic N) is 2. The Balaban J connectivity index is 1.65. The Morgan fingerprint density at radius 1 is 1.69 bits per heavy atom. The zero-order chi connectivity index (χ0) is 11.4. The highest BCUT2D eigenvalue weighted by molar-refractivity contribution is 6.30. The summed E-state index contributed by atoms with van der Waals surface area (Å²) in [6.45, 7) is 3.73. The van der Waals surface area contributed by atoms with Crippen LogP contribution >= 0.6 is 11.6 Å². The molecule has 1 aliphatic rings. The molecule has 0 saturated carbocycles. The normalized spacial score (nSPS) is 25.1. The minimum Gasteiger partial charge on any atom is -0.387 e. The number of aromatic nitrogens is 2. The largest absolute Gasteiger partial charge is 0.387 e. The number of nitrogens with one attached hydrogen (secondary N) is 2. The second-order valence-electron chi connectivity index (χ2n) is 4.25. The molecule has 5 nitrogen and oxygen atoms in total. The van der Waals surface area contributed by atoms with Crippen LogP contribution in [0, 0.1) is 0 Å². The van der Waals surface area contributed by atoms with E-state index in [1.165, 1.54) is 0 Å². The van der Waals surface area contributed by atoms with E-state index >= 15 is 0 Å². The van der Waals surface area contributed by atoms with Crippen molar-refractivity contribution in [1.82, 2.24) is 20.4 Å². The molecule has 0 amide bonds. The number of hydrogen-bond donors (Lipinski definition) is 3. The summed E-state index contributed by atoms with van der Waals surface area (Å²) in [5, 5.41) is 21.1. The summed E-state index contributed by atoms with van der Waals surface area (Å²) in [6.07, 6.45) is 4.22. The Hall–Kier alpha value is -0.620. The van der Waals surface area contributed by atoms with Gasteiger partial charge in [-0.25, -0.2) is 0 Å². The topological polar surface area (TPSA) is 62.1 Å². The SMILES string of the molecule is OC1(CNCCn2cc(Cl)cn2)CCNC1. The van der Waals surface area contributed by atoms with Crippen LogP contribution < -0.4 is 10.6 Å². The van der Waals surface area contributed by atoms with Gasteiger partial charge in [0.15, 0.2) is 0 Å². The molecule has 2 rings (SSSR count). The van der Waals surface area contributed by atoms with Crippen molar-refractivity contribution in [3.05, 3.63) is 17.4 Å². The smallest absolute Gasteiger partial charge is 0.0907 e. The molecule has 1 fully saturated rings. The van der Waals surface area contributed by atoms with Crippen molar-refractivity contribution in [1.29, 1.82) is 0 Å². The van der Waals surface area contributed by atoms with Gasteiger partial charge in [0, 0.05) is 25.8 Å². The first kappa shape index (κ1) is 11.9. The van der Waals surface area contributed by atoms with Gasteiger partial charge in [0.1, 0.15) is 0 Å². The second-order valence-corrected chi connectivity index (χ2v) is 4.69. The fraction of sp³-hybridized carbons (Fsp3) is 0.700. The molecule has 2 heterocycles. The van der Waals surface area contributed by atoms with E-state index in [0.717, 1.165) is 26.1 Å². The van der Waals surface area contributed by atoms with Gasteiger partial charge in [-0.2, -0.15) is 5.10 Å². The van der Waals surface area contributed by atoms with Crippen molar-refractivity contribution in [2.45, 2.75) is 18.6 Å². The monoisotopic (exact) mass is 244 g/mol. The Kier molecular flexibility index (Phi) is 3.81. The first-order valence-corrected chi connectivity index (χ1v) is 5.88. The van der Waals surface area contributed by atoms with E-state index in [2.05, 4.69) is 15.7 Å². The van der Waals surface area contributed by atoms with Crippen LogP contribution in [-0.2, 0) is 6.54 Å². The summed E-state index contributed by atoms with van der Waals surface area (Å²) in [6, 6.07) is 0. The van der Waals surface area contributed by atoms with Crippen molar-refractivity contribution in [3.8, 4) is 0 Å². The molecule has 6 heteroatoms. The van der Waals surface area contributed by atoms with Crippen LogP contribution in [0.5, 0.6) is 0 Å². The van der Waals surface area contributed by atoms with E-state index in [4.69, 9.17) is 11.6 Å². The molecule has 1 atom stereocenters. The van der Waals surface area contributed by atoms with E-state index in [1.807, 2.05) is 0 Å². The predicted molar refractivity (Wildman–Crippen MR) is 62.5 cm³/mol. The van der Waals surface area contributed by atoms with E-state index in [9.17, 15) is 5.11 Å². The predicted octanol–water partition coefficient (Wildman–Crippen LogP) is -0.149. The molecule has 16 heavy (non-hydrogen) atoms. The first-order valence-electron chi connectivity index (χ1n) is 5.50. The summed E-state index contributed by atoms with van der Waals surface area (Å²) in [5.41, 5.74) is -0.582. The Morgan fingerprint density at radius 3 is 3.19 bits per heavy atom. The second kappa shape index (κ2) is 5.14. The summed E-state index contributed by atoms with van der Waals surface area (Å²) < 4.78 is 1.78. The molecule has 1 aliphatic heterocycles. The number of aliphatic hydroxyl groups is 1. The average Bonchev–Trinajstić information content (AvgIpc) is 2.84. The van der Waals surface area contributed by atoms with Crippen molar-refractivity contribution in [2.75, 3.05) is 26.2 Å². The first-order chi connectivity index (χ1) is 7.68.